The van der Waals surface area contributed by atoms with Crippen LogP contribution in [0.4, 0.5) is 5.82 Å². The summed E-state index contributed by atoms with van der Waals surface area (Å²) in [6.45, 7) is 5.76. The molecule has 9 heteroatoms. The van der Waals surface area contributed by atoms with E-state index in [2.05, 4.69) is 26.0 Å². The molecule has 24 heavy (non-hydrogen) atoms. The first-order valence-corrected chi connectivity index (χ1v) is 8.23. The quantitative estimate of drug-likeness (QED) is 0.709. The summed E-state index contributed by atoms with van der Waals surface area (Å²) in [7, 11) is 0. The van der Waals surface area contributed by atoms with Gasteiger partial charge < -0.3 is 9.84 Å². The topological polar surface area (TPSA) is 98.7 Å². The molecule has 0 bridgehead atoms. The number of aromatic nitrogens is 5. The standard InChI is InChI=1S/C15H16N6O2S/c1-9-4-5-10(2)12(6-9)21-15(17-19-20-21)24-8-14(22)16-13-7-11(3)23-18-13/h4-7H,8H2,1-3H3,(H,16,18,22). The van der Waals surface area contributed by atoms with E-state index in [4.69, 9.17) is 4.52 Å². The van der Waals surface area contributed by atoms with E-state index in [0.717, 1.165) is 16.8 Å². The maximum Gasteiger partial charge on any atom is 0.236 e. The van der Waals surface area contributed by atoms with Gasteiger partial charge in [-0.1, -0.05) is 29.1 Å². The van der Waals surface area contributed by atoms with Crippen LogP contribution in [0.5, 0.6) is 0 Å². The number of carbonyl (C=O) groups excluding carboxylic acids is 1. The van der Waals surface area contributed by atoms with Gasteiger partial charge in [0.05, 0.1) is 11.4 Å². The molecule has 8 nitrogen and oxygen atoms in total. The third kappa shape index (κ3) is 3.62. The molecule has 0 spiro atoms. The van der Waals surface area contributed by atoms with Crippen LogP contribution in [0.2, 0.25) is 0 Å². The number of aryl methyl sites for hydroxylation is 3. The molecule has 0 atom stereocenters. The SMILES string of the molecule is Cc1ccc(C)c(-n2nnnc2SCC(=O)Nc2cc(C)on2)c1. The number of hydrogen-bond donors (Lipinski definition) is 1. The van der Waals surface area contributed by atoms with E-state index in [1.165, 1.54) is 11.8 Å². The van der Waals surface area contributed by atoms with Crippen LogP contribution in [0.3, 0.4) is 0 Å². The number of rotatable bonds is 5. The fourth-order valence-electron chi connectivity index (χ4n) is 2.10. The maximum absolute atomic E-state index is 12.0. The monoisotopic (exact) mass is 344 g/mol. The van der Waals surface area contributed by atoms with Gasteiger partial charge in [0.2, 0.25) is 11.1 Å². The molecule has 0 fully saturated rings. The highest BCUT2D eigenvalue weighted by atomic mass is 32.2. The van der Waals surface area contributed by atoms with Crippen LogP contribution in [-0.4, -0.2) is 37.0 Å². The number of benzene rings is 1. The van der Waals surface area contributed by atoms with E-state index in [1.807, 2.05) is 32.0 Å². The molecular weight excluding hydrogens is 328 g/mol. The van der Waals surface area contributed by atoms with Gasteiger partial charge in [-0.05, 0) is 48.4 Å². The molecule has 0 saturated heterocycles. The Morgan fingerprint density at radius 2 is 2.12 bits per heavy atom. The summed E-state index contributed by atoms with van der Waals surface area (Å²) in [5, 5.41) is 18.7. The van der Waals surface area contributed by atoms with Gasteiger partial charge in [0.1, 0.15) is 5.76 Å². The molecule has 0 aliphatic heterocycles. The molecule has 1 N–H and O–H groups in total. The van der Waals surface area contributed by atoms with Crippen molar-refractivity contribution in [1.29, 1.82) is 0 Å². The Morgan fingerprint density at radius 1 is 1.29 bits per heavy atom. The van der Waals surface area contributed by atoms with E-state index in [1.54, 1.807) is 17.7 Å². The Labute approximate surface area is 142 Å². The first kappa shape index (κ1) is 16.2. The summed E-state index contributed by atoms with van der Waals surface area (Å²) >= 11 is 1.25. The van der Waals surface area contributed by atoms with E-state index < -0.39 is 0 Å². The van der Waals surface area contributed by atoms with Gasteiger partial charge >= 0.3 is 0 Å². The van der Waals surface area contributed by atoms with Crippen LogP contribution < -0.4 is 5.32 Å². The number of carbonyl (C=O) groups is 1. The number of hydrogen-bond acceptors (Lipinski definition) is 7. The van der Waals surface area contributed by atoms with Gasteiger partial charge in [0, 0.05) is 6.07 Å². The number of nitrogens with zero attached hydrogens (tertiary/aromatic N) is 5. The highest BCUT2D eigenvalue weighted by Gasteiger charge is 2.14. The van der Waals surface area contributed by atoms with Crippen LogP contribution in [-0.2, 0) is 4.79 Å². The van der Waals surface area contributed by atoms with Crippen molar-refractivity contribution in [2.75, 3.05) is 11.1 Å². The Bertz CT molecular complexity index is 872. The van der Waals surface area contributed by atoms with Crippen molar-refractivity contribution < 1.29 is 9.32 Å². The van der Waals surface area contributed by atoms with Crippen LogP contribution in [0.25, 0.3) is 5.69 Å². The third-order valence-electron chi connectivity index (χ3n) is 3.26. The Hall–Kier alpha value is -2.68. The molecule has 0 aliphatic carbocycles. The predicted molar refractivity (Wildman–Crippen MR) is 89.2 cm³/mol. The second-order valence-corrected chi connectivity index (χ2v) is 6.27. The van der Waals surface area contributed by atoms with Crippen molar-refractivity contribution in [3.63, 3.8) is 0 Å². The third-order valence-corrected chi connectivity index (χ3v) is 4.18. The zero-order valence-corrected chi connectivity index (χ0v) is 14.3. The molecule has 1 aromatic carbocycles. The van der Waals surface area contributed by atoms with Crippen LogP contribution >= 0.6 is 11.8 Å². The molecule has 124 valence electrons. The van der Waals surface area contributed by atoms with Crippen molar-refractivity contribution >= 4 is 23.5 Å². The Kier molecular flexibility index (Phi) is 4.61. The van der Waals surface area contributed by atoms with Crippen molar-refractivity contribution in [2.24, 2.45) is 0 Å². The van der Waals surface area contributed by atoms with Crippen molar-refractivity contribution in [3.05, 3.63) is 41.2 Å². The van der Waals surface area contributed by atoms with E-state index in [9.17, 15) is 4.79 Å². The van der Waals surface area contributed by atoms with Crippen molar-refractivity contribution in [2.45, 2.75) is 25.9 Å². The van der Waals surface area contributed by atoms with E-state index in [-0.39, 0.29) is 11.7 Å². The number of amides is 1. The zero-order chi connectivity index (χ0) is 17.1. The summed E-state index contributed by atoms with van der Waals surface area (Å²) < 4.78 is 6.55. The molecule has 0 unspecified atom stereocenters. The van der Waals surface area contributed by atoms with Crippen molar-refractivity contribution in [1.82, 2.24) is 25.4 Å². The molecule has 0 aliphatic rings. The highest BCUT2D eigenvalue weighted by molar-refractivity contribution is 7.99. The lowest BCUT2D eigenvalue weighted by Gasteiger charge is -2.08. The van der Waals surface area contributed by atoms with Gasteiger partial charge in [-0.25, -0.2) is 0 Å². The fourth-order valence-corrected chi connectivity index (χ4v) is 2.79. The number of anilines is 1. The summed E-state index contributed by atoms with van der Waals surface area (Å²) in [5.41, 5.74) is 3.06. The second-order valence-electron chi connectivity index (χ2n) is 5.32. The Balaban J connectivity index is 1.69. The van der Waals surface area contributed by atoms with Gasteiger partial charge in [-0.3, -0.25) is 4.79 Å². The van der Waals surface area contributed by atoms with Gasteiger partial charge in [0.25, 0.3) is 0 Å². The van der Waals surface area contributed by atoms with E-state index in [0.29, 0.717) is 16.7 Å². The predicted octanol–water partition coefficient (Wildman–Crippen LogP) is 2.31. The summed E-state index contributed by atoms with van der Waals surface area (Å²) in [5.74, 6) is 0.991. The van der Waals surface area contributed by atoms with Crippen LogP contribution in [0.1, 0.15) is 16.9 Å². The number of tetrazole rings is 1. The minimum atomic E-state index is -0.205. The molecule has 3 rings (SSSR count). The first-order valence-electron chi connectivity index (χ1n) is 7.25. The molecule has 2 heterocycles. The average Bonchev–Trinajstić information content (AvgIpc) is 3.16. The summed E-state index contributed by atoms with van der Waals surface area (Å²) in [4.78, 5) is 12.0. The molecule has 0 saturated carbocycles. The van der Waals surface area contributed by atoms with Gasteiger partial charge in [0.15, 0.2) is 5.82 Å². The zero-order valence-electron chi connectivity index (χ0n) is 13.5. The number of nitrogens with one attached hydrogen (secondary N) is 1. The molecular formula is C15H16N6O2S. The maximum atomic E-state index is 12.0. The summed E-state index contributed by atoms with van der Waals surface area (Å²) in [6, 6.07) is 7.71. The Morgan fingerprint density at radius 3 is 2.88 bits per heavy atom. The van der Waals surface area contributed by atoms with E-state index >= 15 is 0 Å². The van der Waals surface area contributed by atoms with Crippen LogP contribution in [0.15, 0.2) is 33.9 Å². The smallest absolute Gasteiger partial charge is 0.236 e. The average molecular weight is 344 g/mol. The molecule has 1 amide bonds. The van der Waals surface area contributed by atoms with Gasteiger partial charge in [-0.15, -0.1) is 5.10 Å². The molecule has 3 aromatic rings. The minimum absolute atomic E-state index is 0.164. The second kappa shape index (κ2) is 6.83. The molecule has 0 radical (unpaired) electrons. The molecule has 2 aromatic heterocycles. The van der Waals surface area contributed by atoms with Crippen molar-refractivity contribution in [3.8, 4) is 5.69 Å². The first-order chi connectivity index (χ1) is 11.5. The lowest BCUT2D eigenvalue weighted by atomic mass is 10.1. The van der Waals surface area contributed by atoms with Crippen LogP contribution in [0, 0.1) is 20.8 Å². The largest absolute Gasteiger partial charge is 0.360 e. The van der Waals surface area contributed by atoms with Gasteiger partial charge in [-0.2, -0.15) is 4.68 Å². The minimum Gasteiger partial charge on any atom is -0.360 e. The highest BCUT2D eigenvalue weighted by Crippen LogP contribution is 2.21. The summed E-state index contributed by atoms with van der Waals surface area (Å²) in [6.07, 6.45) is 0. The normalized spacial score (nSPS) is 10.8. The lowest BCUT2D eigenvalue weighted by molar-refractivity contribution is -0.113. The fraction of sp³-hybridized carbons (Fsp3) is 0.267. The number of thioether (sulfide) groups is 1. The lowest BCUT2D eigenvalue weighted by Crippen LogP contribution is -2.15.